The molecule has 32 nitrogen and oxygen atoms in total. The molecule has 0 radical (unpaired) electrons. The van der Waals surface area contributed by atoms with E-state index in [1.54, 1.807) is 19.2 Å². The van der Waals surface area contributed by atoms with Gasteiger partial charge in [-0.15, -0.1) is 0 Å². The molecule has 33 heteroatoms. The van der Waals surface area contributed by atoms with Gasteiger partial charge in [0.2, 0.25) is 70.9 Å². The highest BCUT2D eigenvalue weighted by atomic mass is 19.1. The van der Waals surface area contributed by atoms with Crippen molar-refractivity contribution in [2.45, 2.75) is 190 Å². The van der Waals surface area contributed by atoms with Crippen LogP contribution < -0.4 is 74.7 Å². The van der Waals surface area contributed by atoms with Crippen molar-refractivity contribution >= 4 is 76.9 Å². The van der Waals surface area contributed by atoms with Gasteiger partial charge >= 0.3 is 5.97 Å². The largest absolute Gasteiger partial charge is 0.497 e. The van der Waals surface area contributed by atoms with Crippen LogP contribution in [0.3, 0.4) is 0 Å². The van der Waals surface area contributed by atoms with Gasteiger partial charge in [-0.25, -0.2) is 9.37 Å². The van der Waals surface area contributed by atoms with Crippen LogP contribution in [0.5, 0.6) is 5.75 Å². The van der Waals surface area contributed by atoms with E-state index in [4.69, 9.17) is 16.2 Å². The second-order valence-corrected chi connectivity index (χ2v) is 26.9. The zero-order valence-electron chi connectivity index (χ0n) is 60.6. The minimum atomic E-state index is -2.30. The molecule has 4 aromatic carbocycles. The Labute approximate surface area is 618 Å². The number of rotatable bonds is 31. The number of aromatic amines is 1. The molecule has 107 heavy (non-hydrogen) atoms. The first kappa shape index (κ1) is 84.7. The molecule has 0 saturated carbocycles. The summed E-state index contributed by atoms with van der Waals surface area (Å²) in [6, 6.07) is 14.5. The molecule has 0 spiro atoms. The molecule has 1 fully saturated rings. The van der Waals surface area contributed by atoms with Crippen molar-refractivity contribution in [1.29, 1.82) is 0 Å². The minimum absolute atomic E-state index is 0.00982. The number of carboxylic acid groups (broad SMARTS) is 1. The van der Waals surface area contributed by atoms with E-state index in [0.717, 1.165) is 42.2 Å². The number of H-pyrrole nitrogens is 1. The average molecular weight is 1490 g/mol. The molecule has 2 heterocycles. The number of methoxy groups -OCH3 is 1. The highest BCUT2D eigenvalue weighted by Gasteiger charge is 2.42. The number of aryl methyl sites for hydroxylation is 2. The number of carboxylic acids is 1. The Hall–Kier alpha value is -11.2. The summed E-state index contributed by atoms with van der Waals surface area (Å²) in [6.07, 6.45) is -0.422. The molecule has 19 N–H and O–H groups in total. The molecule has 10 atom stereocenters. The Morgan fingerprint density at radius 3 is 2.14 bits per heavy atom. The smallest absolute Gasteiger partial charge is 0.303 e. The number of benzene rings is 4. The lowest BCUT2D eigenvalue weighted by Gasteiger charge is -2.34. The van der Waals surface area contributed by atoms with Crippen LogP contribution in [0.15, 0.2) is 110 Å². The third-order valence-corrected chi connectivity index (χ3v) is 18.0. The Kier molecular flexibility index (Phi) is 32.4. The third kappa shape index (κ3) is 26.4. The number of nitrogens with two attached hydrogens (primary N) is 2. The maximum absolute atomic E-state index is 15.6. The molecule has 1 aliphatic rings. The molecule has 0 bridgehead atoms. The van der Waals surface area contributed by atoms with Gasteiger partial charge in [0.1, 0.15) is 64.9 Å². The molecule has 12 amide bonds. The molecular weight excluding hydrogens is 1390 g/mol. The lowest BCUT2D eigenvalue weighted by atomic mass is 9.90. The topological polar surface area (TPSA) is 505 Å². The summed E-state index contributed by atoms with van der Waals surface area (Å²) in [5.74, 6) is -13.6. The number of imidazole rings is 1. The van der Waals surface area contributed by atoms with Crippen LogP contribution in [0.25, 0.3) is 11.1 Å². The number of primary amides is 1. The quantitative estimate of drug-likeness (QED) is 0.0259. The van der Waals surface area contributed by atoms with Crippen molar-refractivity contribution in [1.82, 2.24) is 68.5 Å². The summed E-state index contributed by atoms with van der Waals surface area (Å²) >= 11 is 0. The lowest BCUT2D eigenvalue weighted by molar-refractivity contribution is -0.139. The standard InChI is InChI=1S/C74H98FN15O17/c1-7-45-35-49(107-6)27-28-50(45)46-25-23-44(24-26-46)34-57(67(101)83-53(63(77)97)22-15-18-43-16-9-8-10-17-43)85-66(100)56-29-31-59(93)79-33-14-13-21-54(69(103)90-74(5,37-47-19-11-12-20-51(47)75)72(106)88-62(42(2)92)70(104)86-58(40-91)68(102)84-56)82-60(94)39-80-65(99)55(30-32-61(95)96)87-71(105)73(3,4)89-64(98)52(76)36-48-38-78-41-81-48/h8-12,16-17,19-20,23-28,35,38,41-42,52-58,62,91-92H,7,13-15,18,21-22,29-34,36-37,39-40,76H2,1-6H3,(H2,77,97)(H,78,81)(H,79,93)(H,80,99)(H,82,94)(H,83,101)(H,84,102)(H,85,100)(H,86,104)(H,87,105)(H,88,106)(H,89,98)(H,90,103)(H,95,96)/t42-,52+,53+,54+,55+,56+,57+,58+,62+,74+/m1/s1. The number of aliphatic carboxylic acids is 1. The maximum Gasteiger partial charge on any atom is 0.303 e. The average Bonchev–Trinajstić information content (AvgIpc) is 0.835. The number of hydrogen-bond acceptors (Lipinski definition) is 18. The highest BCUT2D eigenvalue weighted by molar-refractivity contribution is 6.00. The van der Waals surface area contributed by atoms with E-state index >= 15 is 4.39 Å². The first-order chi connectivity index (χ1) is 50.8. The number of nitrogens with one attached hydrogen (secondary N) is 12. The van der Waals surface area contributed by atoms with Crippen molar-refractivity contribution in [3.8, 4) is 16.9 Å². The number of halogens is 1. The van der Waals surface area contributed by atoms with Gasteiger partial charge in [0, 0.05) is 50.5 Å². The number of aromatic nitrogens is 2. The fourth-order valence-electron chi connectivity index (χ4n) is 11.7. The van der Waals surface area contributed by atoms with Crippen molar-refractivity contribution in [3.05, 3.63) is 143 Å². The van der Waals surface area contributed by atoms with Gasteiger partial charge in [0.15, 0.2) is 0 Å². The van der Waals surface area contributed by atoms with Crippen molar-refractivity contribution in [3.63, 3.8) is 0 Å². The zero-order chi connectivity index (χ0) is 78.5. The first-order valence-electron chi connectivity index (χ1n) is 35.2. The summed E-state index contributed by atoms with van der Waals surface area (Å²) in [4.78, 5) is 187. The number of aliphatic hydroxyl groups is 2. The number of nitrogens with zero attached hydrogens (tertiary/aromatic N) is 1. The maximum atomic E-state index is 15.6. The van der Waals surface area contributed by atoms with Gasteiger partial charge in [-0.2, -0.15) is 0 Å². The van der Waals surface area contributed by atoms with Crippen molar-refractivity contribution in [2.75, 3.05) is 26.8 Å². The molecule has 5 aromatic rings. The van der Waals surface area contributed by atoms with E-state index in [9.17, 15) is 77.6 Å². The van der Waals surface area contributed by atoms with Crippen LogP contribution in [0.1, 0.15) is 120 Å². The van der Waals surface area contributed by atoms with Crippen molar-refractivity contribution < 1.29 is 86.8 Å². The predicted octanol–water partition coefficient (Wildman–Crippen LogP) is -0.752. The van der Waals surface area contributed by atoms with Gasteiger partial charge in [-0.1, -0.05) is 85.8 Å². The third-order valence-electron chi connectivity index (χ3n) is 18.0. The molecule has 1 aliphatic heterocycles. The fraction of sp³-hybridized carbons (Fsp3) is 0.459. The van der Waals surface area contributed by atoms with E-state index in [0.29, 0.717) is 36.3 Å². The van der Waals surface area contributed by atoms with Crippen LogP contribution in [0.4, 0.5) is 4.39 Å². The molecule has 0 aliphatic carbocycles. The Morgan fingerprint density at radius 1 is 0.785 bits per heavy atom. The number of carbonyl (C=O) groups excluding carboxylic acids is 12. The van der Waals surface area contributed by atoms with Crippen LogP contribution in [0, 0.1) is 5.82 Å². The van der Waals surface area contributed by atoms with Crippen LogP contribution in [-0.2, 0) is 94.4 Å². The highest BCUT2D eigenvalue weighted by Crippen LogP contribution is 2.29. The second-order valence-electron chi connectivity index (χ2n) is 26.9. The fourth-order valence-corrected chi connectivity index (χ4v) is 11.7. The number of amides is 12. The number of ether oxygens (including phenoxy) is 1. The van der Waals surface area contributed by atoms with Gasteiger partial charge in [-0.3, -0.25) is 62.3 Å². The van der Waals surface area contributed by atoms with Crippen LogP contribution in [-0.4, -0.2) is 194 Å². The van der Waals surface area contributed by atoms with Gasteiger partial charge < -0.3 is 95.0 Å². The minimum Gasteiger partial charge on any atom is -0.497 e. The predicted molar refractivity (Wildman–Crippen MR) is 387 cm³/mol. The second kappa shape index (κ2) is 40.9. The summed E-state index contributed by atoms with van der Waals surface area (Å²) < 4.78 is 21.0. The van der Waals surface area contributed by atoms with Crippen LogP contribution in [0.2, 0.25) is 0 Å². The van der Waals surface area contributed by atoms with Gasteiger partial charge in [0.25, 0.3) is 0 Å². The van der Waals surface area contributed by atoms with E-state index in [1.165, 1.54) is 44.6 Å². The summed E-state index contributed by atoms with van der Waals surface area (Å²) in [6.45, 7) is 4.63. The van der Waals surface area contributed by atoms with Gasteiger partial charge in [0.05, 0.1) is 38.7 Å². The molecule has 1 saturated heterocycles. The number of hydrogen-bond donors (Lipinski definition) is 17. The number of aliphatic hydroxyl groups excluding tert-OH is 2. The lowest BCUT2D eigenvalue weighted by Crippen LogP contribution is -2.66. The zero-order valence-corrected chi connectivity index (χ0v) is 60.6. The van der Waals surface area contributed by atoms with Crippen LogP contribution >= 0.6 is 0 Å². The van der Waals surface area contributed by atoms with E-state index in [-0.39, 0.29) is 50.6 Å². The Balaban J connectivity index is 1.27. The SMILES string of the molecule is CCc1cc(OC)ccc1-c1ccc(C[C@H](NC(=O)[C@@H]2CCC(=O)NCCCC[C@H](NC(=O)CNC(=O)[C@H](CCC(=O)O)NC(=O)C(C)(C)NC(=O)[C@@H](N)Cc3cnc[nH]3)C(=O)N[C@@](C)(Cc3ccccc3F)C(=O)N[C@@H]([C@@H](C)O)C(=O)N[C@@H](CO)C(=O)N2)C(=O)N[C@@H](CCCc2ccccc2)C(N)=O)cc1. The van der Waals surface area contributed by atoms with E-state index < -0.39 is 193 Å². The van der Waals surface area contributed by atoms with E-state index in [1.807, 2.05) is 67.6 Å². The van der Waals surface area contributed by atoms with E-state index in [2.05, 4.69) is 68.5 Å². The Morgan fingerprint density at radius 2 is 1.50 bits per heavy atom. The molecule has 0 unspecified atom stereocenters. The van der Waals surface area contributed by atoms with Crippen molar-refractivity contribution in [2.24, 2.45) is 11.5 Å². The normalized spacial score (nSPS) is 19.3. The number of carbonyl (C=O) groups is 13. The molecule has 6 rings (SSSR count). The summed E-state index contributed by atoms with van der Waals surface area (Å²) in [7, 11) is 1.56. The molecule has 1 aromatic heterocycles. The molecule has 578 valence electrons. The monoisotopic (exact) mass is 1490 g/mol. The molecular formula is C74H98FN15O17. The summed E-state index contributed by atoms with van der Waals surface area (Å²) in [5.41, 5.74) is 12.5. The Bertz CT molecular complexity index is 3920. The van der Waals surface area contributed by atoms with Gasteiger partial charge in [-0.05, 0) is 137 Å². The first-order valence-corrected chi connectivity index (χ1v) is 35.2. The summed E-state index contributed by atoms with van der Waals surface area (Å²) in [5, 5.41) is 58.8.